The predicted octanol–water partition coefficient (Wildman–Crippen LogP) is 4.22. The minimum Gasteiger partial charge on any atom is -0.311 e. The van der Waals surface area contributed by atoms with Gasteiger partial charge in [0.2, 0.25) is 0 Å². The van der Waals surface area contributed by atoms with Crippen molar-refractivity contribution in [1.82, 2.24) is 5.32 Å². The Balaban J connectivity index is 2.14. The summed E-state index contributed by atoms with van der Waals surface area (Å²) in [4.78, 5) is 0. The van der Waals surface area contributed by atoms with Crippen molar-refractivity contribution in [3.8, 4) is 0 Å². The molecule has 0 bridgehead atoms. The van der Waals surface area contributed by atoms with E-state index < -0.39 is 0 Å². The van der Waals surface area contributed by atoms with E-state index in [1.54, 1.807) is 0 Å². The number of thioether (sulfide) groups is 1. The number of rotatable bonds is 7. The largest absolute Gasteiger partial charge is 0.311 e. The van der Waals surface area contributed by atoms with Crippen LogP contribution in [0, 0.1) is 0 Å². The Labute approximate surface area is 106 Å². The van der Waals surface area contributed by atoms with Crippen molar-refractivity contribution in [2.75, 3.05) is 6.26 Å². The predicted molar refractivity (Wildman–Crippen MR) is 76.3 cm³/mol. The molecule has 2 heteroatoms. The summed E-state index contributed by atoms with van der Waals surface area (Å²) in [6.45, 7) is 4.64. The molecule has 3 unspecified atom stereocenters. The van der Waals surface area contributed by atoms with Crippen LogP contribution < -0.4 is 5.32 Å². The van der Waals surface area contributed by atoms with Gasteiger partial charge in [0.25, 0.3) is 0 Å². The standard InChI is InChI=1S/C14H29NS/c1-4-5-6-8-12(2)15-13-9-7-10-14(11-13)16-3/h12-15H,4-11H2,1-3H3. The number of nitrogens with one attached hydrogen (secondary N) is 1. The van der Waals surface area contributed by atoms with E-state index in [9.17, 15) is 0 Å². The van der Waals surface area contributed by atoms with Crippen molar-refractivity contribution in [2.45, 2.75) is 82.5 Å². The maximum absolute atomic E-state index is 3.83. The molecule has 1 nitrogen and oxygen atoms in total. The van der Waals surface area contributed by atoms with Gasteiger partial charge >= 0.3 is 0 Å². The fourth-order valence-electron chi connectivity index (χ4n) is 2.70. The first-order valence-electron chi connectivity index (χ1n) is 7.05. The first-order chi connectivity index (χ1) is 7.76. The molecular weight excluding hydrogens is 214 g/mol. The smallest absolute Gasteiger partial charge is 0.00800 e. The molecule has 3 atom stereocenters. The fourth-order valence-corrected chi connectivity index (χ4v) is 3.52. The highest BCUT2D eigenvalue weighted by molar-refractivity contribution is 7.99. The third kappa shape index (κ3) is 5.58. The van der Waals surface area contributed by atoms with Gasteiger partial charge in [0.1, 0.15) is 0 Å². The first-order valence-corrected chi connectivity index (χ1v) is 8.33. The fraction of sp³-hybridized carbons (Fsp3) is 1.00. The normalized spacial score (nSPS) is 27.9. The Kier molecular flexibility index (Phi) is 7.55. The van der Waals surface area contributed by atoms with E-state index in [1.165, 1.54) is 51.4 Å². The zero-order valence-electron chi connectivity index (χ0n) is 11.3. The lowest BCUT2D eigenvalue weighted by atomic mass is 9.94. The summed E-state index contributed by atoms with van der Waals surface area (Å²) in [5, 5.41) is 4.74. The Morgan fingerprint density at radius 2 is 2.12 bits per heavy atom. The second-order valence-corrected chi connectivity index (χ2v) is 6.42. The van der Waals surface area contributed by atoms with Gasteiger partial charge in [-0.2, -0.15) is 11.8 Å². The molecule has 0 radical (unpaired) electrons. The van der Waals surface area contributed by atoms with E-state index in [1.807, 2.05) is 0 Å². The van der Waals surface area contributed by atoms with Crippen molar-refractivity contribution in [3.63, 3.8) is 0 Å². The van der Waals surface area contributed by atoms with Gasteiger partial charge in [0, 0.05) is 17.3 Å². The Morgan fingerprint density at radius 3 is 2.81 bits per heavy atom. The molecule has 1 aliphatic carbocycles. The molecule has 0 aromatic heterocycles. The highest BCUT2D eigenvalue weighted by Gasteiger charge is 2.21. The van der Waals surface area contributed by atoms with Crippen LogP contribution in [-0.2, 0) is 0 Å². The molecule has 1 fully saturated rings. The van der Waals surface area contributed by atoms with Crippen LogP contribution >= 0.6 is 11.8 Å². The molecule has 0 amide bonds. The van der Waals surface area contributed by atoms with Crippen LogP contribution in [0.15, 0.2) is 0 Å². The molecule has 0 saturated heterocycles. The lowest BCUT2D eigenvalue weighted by molar-refractivity contribution is 0.338. The molecule has 0 spiro atoms. The van der Waals surface area contributed by atoms with Gasteiger partial charge in [-0.1, -0.05) is 32.6 Å². The first kappa shape index (κ1) is 14.4. The molecular formula is C14H29NS. The zero-order valence-corrected chi connectivity index (χ0v) is 12.1. The van der Waals surface area contributed by atoms with Crippen molar-refractivity contribution < 1.29 is 0 Å². The van der Waals surface area contributed by atoms with Crippen LogP contribution in [-0.4, -0.2) is 23.6 Å². The van der Waals surface area contributed by atoms with Crippen LogP contribution in [0.5, 0.6) is 0 Å². The Morgan fingerprint density at radius 1 is 1.31 bits per heavy atom. The van der Waals surface area contributed by atoms with Crippen LogP contribution in [0.2, 0.25) is 0 Å². The van der Waals surface area contributed by atoms with Crippen LogP contribution in [0.25, 0.3) is 0 Å². The van der Waals surface area contributed by atoms with E-state index in [0.717, 1.165) is 17.3 Å². The van der Waals surface area contributed by atoms with E-state index in [2.05, 4.69) is 37.2 Å². The van der Waals surface area contributed by atoms with Gasteiger partial charge < -0.3 is 5.32 Å². The molecule has 0 aliphatic heterocycles. The SMILES string of the molecule is CCCCCC(C)NC1CCCC(SC)C1. The maximum atomic E-state index is 3.83. The summed E-state index contributed by atoms with van der Waals surface area (Å²) in [7, 11) is 0. The second kappa shape index (κ2) is 8.41. The summed E-state index contributed by atoms with van der Waals surface area (Å²) in [6.07, 6.45) is 13.4. The summed E-state index contributed by atoms with van der Waals surface area (Å²) in [5.74, 6) is 0. The van der Waals surface area contributed by atoms with Gasteiger partial charge in [-0.05, 0) is 38.9 Å². The third-order valence-corrected chi connectivity index (χ3v) is 4.82. The van der Waals surface area contributed by atoms with E-state index in [0.29, 0.717) is 0 Å². The summed E-state index contributed by atoms with van der Waals surface area (Å²) >= 11 is 2.06. The van der Waals surface area contributed by atoms with Crippen LogP contribution in [0.4, 0.5) is 0 Å². The number of hydrogen-bond acceptors (Lipinski definition) is 2. The number of unbranched alkanes of at least 4 members (excludes halogenated alkanes) is 2. The Bertz CT molecular complexity index is 172. The van der Waals surface area contributed by atoms with Crippen LogP contribution in [0.1, 0.15) is 65.2 Å². The third-order valence-electron chi connectivity index (χ3n) is 3.72. The average Bonchev–Trinajstić information content (AvgIpc) is 2.29. The minimum atomic E-state index is 0.720. The summed E-state index contributed by atoms with van der Waals surface area (Å²) in [5.41, 5.74) is 0. The van der Waals surface area contributed by atoms with Gasteiger partial charge in [0.15, 0.2) is 0 Å². The van der Waals surface area contributed by atoms with Crippen molar-refractivity contribution in [2.24, 2.45) is 0 Å². The molecule has 16 heavy (non-hydrogen) atoms. The van der Waals surface area contributed by atoms with Gasteiger partial charge in [0.05, 0.1) is 0 Å². The minimum absolute atomic E-state index is 0.720. The molecule has 1 saturated carbocycles. The maximum Gasteiger partial charge on any atom is 0.00800 e. The summed E-state index contributed by atoms with van der Waals surface area (Å²) < 4.78 is 0. The van der Waals surface area contributed by atoms with Crippen molar-refractivity contribution in [3.05, 3.63) is 0 Å². The highest BCUT2D eigenvalue weighted by atomic mass is 32.2. The van der Waals surface area contributed by atoms with Crippen molar-refractivity contribution >= 4 is 11.8 Å². The van der Waals surface area contributed by atoms with Gasteiger partial charge in [-0.15, -0.1) is 0 Å². The molecule has 1 rings (SSSR count). The number of hydrogen-bond donors (Lipinski definition) is 1. The molecule has 96 valence electrons. The molecule has 0 aromatic carbocycles. The molecule has 1 aliphatic rings. The molecule has 0 heterocycles. The van der Waals surface area contributed by atoms with Gasteiger partial charge in [-0.3, -0.25) is 0 Å². The second-order valence-electron chi connectivity index (χ2n) is 5.28. The topological polar surface area (TPSA) is 12.0 Å². The lowest BCUT2D eigenvalue weighted by Gasteiger charge is -2.31. The molecule has 1 N–H and O–H groups in total. The molecule has 0 aromatic rings. The van der Waals surface area contributed by atoms with Gasteiger partial charge in [-0.25, -0.2) is 0 Å². The monoisotopic (exact) mass is 243 g/mol. The summed E-state index contributed by atoms with van der Waals surface area (Å²) in [6, 6.07) is 1.51. The highest BCUT2D eigenvalue weighted by Crippen LogP contribution is 2.27. The lowest BCUT2D eigenvalue weighted by Crippen LogP contribution is -2.40. The Hall–Kier alpha value is 0.310. The van der Waals surface area contributed by atoms with Crippen molar-refractivity contribution in [1.29, 1.82) is 0 Å². The zero-order chi connectivity index (χ0) is 11.8. The van der Waals surface area contributed by atoms with Crippen LogP contribution in [0.3, 0.4) is 0 Å². The van der Waals surface area contributed by atoms with E-state index >= 15 is 0 Å². The quantitative estimate of drug-likeness (QED) is 0.672. The average molecular weight is 243 g/mol. The van der Waals surface area contributed by atoms with E-state index in [4.69, 9.17) is 0 Å². The van der Waals surface area contributed by atoms with E-state index in [-0.39, 0.29) is 0 Å².